The third-order valence-corrected chi connectivity index (χ3v) is 2.51. The molecule has 7 heteroatoms. The van der Waals surface area contributed by atoms with Crippen LogP contribution in [-0.4, -0.2) is 45.2 Å². The van der Waals surface area contributed by atoms with E-state index in [1.54, 1.807) is 7.05 Å². The Hall–Kier alpha value is -2.15. The average Bonchev–Trinajstić information content (AvgIpc) is 2.49. The minimum atomic E-state index is -0.343. The summed E-state index contributed by atoms with van der Waals surface area (Å²) < 4.78 is 17.9. The van der Waals surface area contributed by atoms with Crippen LogP contribution in [0.4, 0.5) is 10.1 Å². The van der Waals surface area contributed by atoms with Crippen molar-refractivity contribution in [2.75, 3.05) is 38.7 Å². The largest absolute Gasteiger partial charge is 0.380 e. The highest BCUT2D eigenvalue weighted by atomic mass is 19.1. The number of benzene rings is 1. The Morgan fingerprint density at radius 1 is 1.29 bits per heavy atom. The zero-order chi connectivity index (χ0) is 15.5. The van der Waals surface area contributed by atoms with E-state index in [1.807, 2.05) is 6.92 Å². The van der Waals surface area contributed by atoms with E-state index >= 15 is 0 Å². The molecule has 0 saturated carbocycles. The van der Waals surface area contributed by atoms with Crippen molar-refractivity contribution in [3.8, 4) is 0 Å². The van der Waals surface area contributed by atoms with E-state index in [9.17, 15) is 9.18 Å². The summed E-state index contributed by atoms with van der Waals surface area (Å²) >= 11 is 0. The SMILES string of the molecule is CCOCCNC(=NC)NCC(=O)Nc1ccc(F)cc1. The summed E-state index contributed by atoms with van der Waals surface area (Å²) in [5, 5.41) is 8.54. The number of carbonyl (C=O) groups excluding carboxylic acids is 1. The first-order valence-electron chi connectivity index (χ1n) is 6.73. The van der Waals surface area contributed by atoms with Crippen LogP contribution in [0.2, 0.25) is 0 Å². The first-order chi connectivity index (χ1) is 10.2. The van der Waals surface area contributed by atoms with E-state index in [1.165, 1.54) is 24.3 Å². The fourth-order valence-electron chi connectivity index (χ4n) is 1.51. The van der Waals surface area contributed by atoms with Crippen LogP contribution in [0.1, 0.15) is 6.92 Å². The molecule has 0 aliphatic heterocycles. The maximum atomic E-state index is 12.7. The Labute approximate surface area is 123 Å². The van der Waals surface area contributed by atoms with Gasteiger partial charge in [0, 0.05) is 25.9 Å². The minimum absolute atomic E-state index is 0.0612. The van der Waals surface area contributed by atoms with Gasteiger partial charge in [-0.25, -0.2) is 4.39 Å². The number of rotatable bonds is 7. The minimum Gasteiger partial charge on any atom is -0.380 e. The first-order valence-corrected chi connectivity index (χ1v) is 6.73. The molecule has 0 saturated heterocycles. The van der Waals surface area contributed by atoms with E-state index < -0.39 is 0 Å². The number of nitrogens with zero attached hydrogens (tertiary/aromatic N) is 1. The molecular formula is C14H21FN4O2. The number of ether oxygens (including phenoxy) is 1. The second-order valence-electron chi connectivity index (χ2n) is 4.10. The number of halogens is 1. The van der Waals surface area contributed by atoms with Gasteiger partial charge in [-0.1, -0.05) is 0 Å². The molecule has 1 aromatic rings. The molecule has 1 rings (SSSR count). The Morgan fingerprint density at radius 2 is 2.00 bits per heavy atom. The van der Waals surface area contributed by atoms with Gasteiger partial charge >= 0.3 is 0 Å². The predicted molar refractivity (Wildman–Crippen MR) is 80.9 cm³/mol. The maximum absolute atomic E-state index is 12.7. The lowest BCUT2D eigenvalue weighted by molar-refractivity contribution is -0.115. The van der Waals surface area contributed by atoms with Crippen molar-refractivity contribution in [1.82, 2.24) is 10.6 Å². The molecular weight excluding hydrogens is 275 g/mol. The fourth-order valence-corrected chi connectivity index (χ4v) is 1.51. The molecule has 0 fully saturated rings. The number of aliphatic imine (C=N–C) groups is 1. The lowest BCUT2D eigenvalue weighted by Crippen LogP contribution is -2.42. The van der Waals surface area contributed by atoms with Crippen LogP contribution in [-0.2, 0) is 9.53 Å². The molecule has 0 aromatic heterocycles. The molecule has 0 unspecified atom stereocenters. The number of amides is 1. The van der Waals surface area contributed by atoms with Gasteiger partial charge in [-0.2, -0.15) is 0 Å². The molecule has 0 atom stereocenters. The van der Waals surface area contributed by atoms with Gasteiger partial charge in [0.2, 0.25) is 5.91 Å². The van der Waals surface area contributed by atoms with E-state index in [4.69, 9.17) is 4.74 Å². The van der Waals surface area contributed by atoms with E-state index in [0.717, 1.165) is 0 Å². The van der Waals surface area contributed by atoms with Gasteiger partial charge in [-0.15, -0.1) is 0 Å². The van der Waals surface area contributed by atoms with Gasteiger partial charge in [0.15, 0.2) is 5.96 Å². The topological polar surface area (TPSA) is 74.8 Å². The molecule has 0 spiro atoms. The Balaban J connectivity index is 2.28. The molecule has 0 heterocycles. The van der Waals surface area contributed by atoms with Crippen molar-refractivity contribution in [3.63, 3.8) is 0 Å². The van der Waals surface area contributed by atoms with E-state index in [0.29, 0.717) is 31.4 Å². The molecule has 3 N–H and O–H groups in total. The van der Waals surface area contributed by atoms with Crippen molar-refractivity contribution in [1.29, 1.82) is 0 Å². The van der Waals surface area contributed by atoms with Crippen LogP contribution in [0.3, 0.4) is 0 Å². The van der Waals surface area contributed by atoms with Gasteiger partial charge in [-0.05, 0) is 31.2 Å². The van der Waals surface area contributed by atoms with Crippen molar-refractivity contribution >= 4 is 17.6 Å². The summed E-state index contributed by atoms with van der Waals surface area (Å²) in [6.45, 7) is 3.82. The van der Waals surface area contributed by atoms with Crippen molar-refractivity contribution in [2.24, 2.45) is 4.99 Å². The highest BCUT2D eigenvalue weighted by molar-refractivity contribution is 5.94. The number of guanidine groups is 1. The first kappa shape index (κ1) is 16.9. The van der Waals surface area contributed by atoms with Crippen molar-refractivity contribution in [2.45, 2.75) is 6.92 Å². The van der Waals surface area contributed by atoms with Crippen LogP contribution in [0, 0.1) is 5.82 Å². The molecule has 0 aliphatic rings. The second kappa shape index (κ2) is 9.71. The molecule has 116 valence electrons. The molecule has 0 bridgehead atoms. The fraction of sp³-hybridized carbons (Fsp3) is 0.429. The molecule has 1 aromatic carbocycles. The third-order valence-electron chi connectivity index (χ3n) is 2.51. The molecule has 0 aliphatic carbocycles. The van der Waals surface area contributed by atoms with Crippen LogP contribution >= 0.6 is 0 Å². The van der Waals surface area contributed by atoms with Crippen LogP contribution in [0.25, 0.3) is 0 Å². The van der Waals surface area contributed by atoms with E-state index in [2.05, 4.69) is 20.9 Å². The highest BCUT2D eigenvalue weighted by Crippen LogP contribution is 2.07. The van der Waals surface area contributed by atoms with Crippen LogP contribution in [0.5, 0.6) is 0 Å². The number of anilines is 1. The molecule has 1 amide bonds. The van der Waals surface area contributed by atoms with Gasteiger partial charge < -0.3 is 20.7 Å². The van der Waals surface area contributed by atoms with Crippen LogP contribution in [0.15, 0.2) is 29.3 Å². The normalized spacial score (nSPS) is 11.1. The Kier molecular flexibility index (Phi) is 7.81. The second-order valence-corrected chi connectivity index (χ2v) is 4.10. The lowest BCUT2D eigenvalue weighted by Gasteiger charge is -2.12. The predicted octanol–water partition coefficient (Wildman–Crippen LogP) is 0.966. The summed E-state index contributed by atoms with van der Waals surface area (Å²) in [5.41, 5.74) is 0.544. The van der Waals surface area contributed by atoms with Crippen molar-refractivity contribution < 1.29 is 13.9 Å². The van der Waals surface area contributed by atoms with Gasteiger partial charge in [-0.3, -0.25) is 9.79 Å². The van der Waals surface area contributed by atoms with Gasteiger partial charge in [0.05, 0.1) is 13.2 Å². The van der Waals surface area contributed by atoms with E-state index in [-0.39, 0.29) is 18.3 Å². The van der Waals surface area contributed by atoms with Gasteiger partial charge in [0.25, 0.3) is 0 Å². The quantitative estimate of drug-likeness (QED) is 0.398. The smallest absolute Gasteiger partial charge is 0.243 e. The summed E-state index contributed by atoms with van der Waals surface area (Å²) in [5.74, 6) is -0.0663. The Bertz CT molecular complexity index is 463. The molecule has 0 radical (unpaired) electrons. The van der Waals surface area contributed by atoms with Crippen molar-refractivity contribution in [3.05, 3.63) is 30.1 Å². The summed E-state index contributed by atoms with van der Waals surface area (Å²) in [6, 6.07) is 5.58. The summed E-state index contributed by atoms with van der Waals surface area (Å²) in [7, 11) is 1.62. The highest BCUT2D eigenvalue weighted by Gasteiger charge is 2.04. The third kappa shape index (κ3) is 7.26. The van der Waals surface area contributed by atoms with Crippen LogP contribution < -0.4 is 16.0 Å². The number of carbonyl (C=O) groups is 1. The lowest BCUT2D eigenvalue weighted by atomic mass is 10.3. The number of hydrogen-bond acceptors (Lipinski definition) is 3. The molecule has 6 nitrogen and oxygen atoms in total. The van der Waals surface area contributed by atoms with Gasteiger partial charge in [0.1, 0.15) is 5.82 Å². The zero-order valence-corrected chi connectivity index (χ0v) is 12.3. The standard InChI is InChI=1S/C14H21FN4O2/c1-3-21-9-8-17-14(16-2)18-10-13(20)19-12-6-4-11(15)5-7-12/h4-7H,3,8-10H2,1-2H3,(H,19,20)(H2,16,17,18). The number of hydrogen-bond donors (Lipinski definition) is 3. The average molecular weight is 296 g/mol. The maximum Gasteiger partial charge on any atom is 0.243 e. The summed E-state index contributed by atoms with van der Waals surface area (Å²) in [6.07, 6.45) is 0. The Morgan fingerprint density at radius 3 is 2.62 bits per heavy atom. The number of nitrogens with one attached hydrogen (secondary N) is 3. The molecule has 21 heavy (non-hydrogen) atoms. The monoisotopic (exact) mass is 296 g/mol. The zero-order valence-electron chi connectivity index (χ0n) is 12.3. The summed E-state index contributed by atoms with van der Waals surface area (Å²) in [4.78, 5) is 15.7.